The van der Waals surface area contributed by atoms with Gasteiger partial charge in [0.2, 0.25) is 0 Å². The molecular formula is C38H48O12. The van der Waals surface area contributed by atoms with Crippen molar-refractivity contribution in [2.24, 2.45) is 11.8 Å². The Labute approximate surface area is 291 Å². The lowest BCUT2D eigenvalue weighted by atomic mass is 9.81. The van der Waals surface area contributed by atoms with E-state index < -0.39 is 71.0 Å². The van der Waals surface area contributed by atoms with Crippen LogP contribution in [0.25, 0.3) is 0 Å². The maximum absolute atomic E-state index is 14.5. The highest BCUT2D eigenvalue weighted by molar-refractivity contribution is 5.93. The summed E-state index contributed by atoms with van der Waals surface area (Å²) >= 11 is 0. The van der Waals surface area contributed by atoms with E-state index in [0.29, 0.717) is 12.8 Å². The van der Waals surface area contributed by atoms with Crippen molar-refractivity contribution in [1.82, 2.24) is 0 Å². The van der Waals surface area contributed by atoms with E-state index in [1.165, 1.54) is 0 Å². The highest BCUT2D eigenvalue weighted by Gasteiger charge is 2.74. The largest absolute Gasteiger partial charge is 0.457 e. The fourth-order valence-electron chi connectivity index (χ4n) is 9.19. The van der Waals surface area contributed by atoms with Crippen LogP contribution in [-0.2, 0) is 57.2 Å². The number of ketones is 4. The molecule has 272 valence electrons. The zero-order valence-electron chi connectivity index (χ0n) is 29.4. The van der Waals surface area contributed by atoms with Gasteiger partial charge in [-0.1, -0.05) is 24.3 Å². The number of hydrogen-bond donors (Lipinski definition) is 0. The van der Waals surface area contributed by atoms with Crippen LogP contribution >= 0.6 is 0 Å². The molecule has 7 aliphatic heterocycles. The fraction of sp³-hybridized carbons (Fsp3) is 0.737. The van der Waals surface area contributed by atoms with Gasteiger partial charge in [-0.2, -0.15) is 0 Å². The number of allylic oxidation sites excluding steroid dienone is 2. The van der Waals surface area contributed by atoms with Crippen molar-refractivity contribution in [3.8, 4) is 0 Å². The van der Waals surface area contributed by atoms with Crippen LogP contribution in [0.2, 0.25) is 0 Å². The van der Waals surface area contributed by atoms with E-state index in [-0.39, 0.29) is 99.2 Å². The Morgan fingerprint density at radius 1 is 0.600 bits per heavy atom. The Hall–Kier alpha value is -3.06. The molecule has 0 spiro atoms. The van der Waals surface area contributed by atoms with Gasteiger partial charge in [0.05, 0.1) is 11.2 Å². The molecule has 7 aliphatic rings. The minimum atomic E-state index is -1.50. The second-order valence-electron chi connectivity index (χ2n) is 16.6. The van der Waals surface area contributed by atoms with Crippen LogP contribution in [0.15, 0.2) is 24.3 Å². The summed E-state index contributed by atoms with van der Waals surface area (Å²) in [7, 11) is 0. The van der Waals surface area contributed by atoms with Crippen molar-refractivity contribution < 1.29 is 57.2 Å². The highest BCUT2D eigenvalue weighted by Crippen LogP contribution is 2.55. The zero-order chi connectivity index (χ0) is 36.0. The van der Waals surface area contributed by atoms with E-state index in [4.69, 9.17) is 28.4 Å². The molecule has 12 heteroatoms. The molecule has 12 atom stereocenters. The molecule has 7 fully saturated rings. The van der Waals surface area contributed by atoms with Crippen molar-refractivity contribution in [2.75, 3.05) is 0 Å². The van der Waals surface area contributed by atoms with Crippen molar-refractivity contribution in [1.29, 1.82) is 0 Å². The summed E-state index contributed by atoms with van der Waals surface area (Å²) in [5.74, 6) is -2.58. The number of carbonyl (C=O) groups is 6. The first kappa shape index (κ1) is 35.3. The van der Waals surface area contributed by atoms with Crippen molar-refractivity contribution >= 4 is 35.1 Å². The molecule has 0 N–H and O–H groups in total. The monoisotopic (exact) mass is 696 g/mol. The van der Waals surface area contributed by atoms with E-state index >= 15 is 0 Å². The van der Waals surface area contributed by atoms with Crippen LogP contribution in [-0.4, -0.2) is 94.1 Å². The maximum atomic E-state index is 14.5. The number of carbonyl (C=O) groups excluding carboxylic acids is 6. The SMILES string of the molecule is C=C(C)C1CCC23OC2C(CC2(C)CC(=O)C(CC(=O)C1)O2)OC(=O)C12CCC(C(=C)C)CC(=O)CC4OC(C)(CC4=O)CC(OC3=O)C1O2. The van der Waals surface area contributed by atoms with Crippen molar-refractivity contribution in [2.45, 2.75) is 164 Å². The molecule has 0 aromatic rings. The number of fused-ring (bicyclic) bond motifs is 4. The smallest absolute Gasteiger partial charge is 0.341 e. The third-order valence-corrected chi connectivity index (χ3v) is 12.2. The first-order valence-electron chi connectivity index (χ1n) is 18.0. The van der Waals surface area contributed by atoms with E-state index in [0.717, 1.165) is 11.1 Å². The van der Waals surface area contributed by atoms with Crippen LogP contribution in [0.3, 0.4) is 0 Å². The van der Waals surface area contributed by atoms with E-state index in [1.807, 2.05) is 13.8 Å². The van der Waals surface area contributed by atoms with Crippen LogP contribution in [0, 0.1) is 11.8 Å². The predicted molar refractivity (Wildman–Crippen MR) is 174 cm³/mol. The molecule has 7 saturated heterocycles. The number of rotatable bonds is 2. The summed E-state index contributed by atoms with van der Waals surface area (Å²) in [5.41, 5.74) is -3.67. The first-order chi connectivity index (χ1) is 23.4. The van der Waals surface area contributed by atoms with Gasteiger partial charge in [0.25, 0.3) is 0 Å². The van der Waals surface area contributed by atoms with Gasteiger partial charge in [0.1, 0.15) is 48.2 Å². The summed E-state index contributed by atoms with van der Waals surface area (Å²) in [6.45, 7) is 15.3. The Morgan fingerprint density at radius 2 is 0.980 bits per heavy atom. The molecule has 0 radical (unpaired) electrons. The van der Waals surface area contributed by atoms with Gasteiger partial charge < -0.3 is 28.4 Å². The molecule has 0 aromatic carbocycles. The number of epoxide rings is 2. The lowest BCUT2D eigenvalue weighted by molar-refractivity contribution is -0.166. The lowest BCUT2D eigenvalue weighted by Gasteiger charge is -2.32. The van der Waals surface area contributed by atoms with Gasteiger partial charge in [-0.05, 0) is 65.2 Å². The molecular weight excluding hydrogens is 648 g/mol. The second kappa shape index (κ2) is 12.3. The molecule has 12 nitrogen and oxygen atoms in total. The molecule has 0 aliphatic carbocycles. The van der Waals surface area contributed by atoms with Crippen molar-refractivity contribution in [3.63, 3.8) is 0 Å². The predicted octanol–water partition coefficient (Wildman–Crippen LogP) is 3.78. The quantitative estimate of drug-likeness (QED) is 0.234. The van der Waals surface area contributed by atoms with Gasteiger partial charge in [0.15, 0.2) is 22.8 Å². The molecule has 8 bridgehead atoms. The first-order valence-corrected chi connectivity index (χ1v) is 18.0. The molecule has 12 unspecified atom stereocenters. The van der Waals surface area contributed by atoms with Gasteiger partial charge in [-0.25, -0.2) is 9.59 Å². The van der Waals surface area contributed by atoms with Gasteiger partial charge in [-0.15, -0.1) is 0 Å². The molecule has 0 saturated carbocycles. The van der Waals surface area contributed by atoms with Crippen molar-refractivity contribution in [3.05, 3.63) is 24.3 Å². The maximum Gasteiger partial charge on any atom is 0.341 e. The van der Waals surface area contributed by atoms with Crippen LogP contribution in [0.5, 0.6) is 0 Å². The third-order valence-electron chi connectivity index (χ3n) is 12.2. The zero-order valence-corrected chi connectivity index (χ0v) is 29.4. The summed E-state index contributed by atoms with van der Waals surface area (Å²) < 4.78 is 37.7. The third kappa shape index (κ3) is 6.34. The topological polar surface area (TPSA) is 164 Å². The summed E-state index contributed by atoms with van der Waals surface area (Å²) in [5, 5.41) is 0. The molecule has 0 aromatic heterocycles. The number of Topliss-reactive ketones (excluding diaryl/α,β-unsaturated/α-hetero) is 4. The highest BCUT2D eigenvalue weighted by atomic mass is 16.7. The Bertz CT molecular complexity index is 1450. The average molecular weight is 697 g/mol. The molecule has 7 heterocycles. The second-order valence-corrected chi connectivity index (χ2v) is 16.6. The fourth-order valence-corrected chi connectivity index (χ4v) is 9.19. The molecule has 0 amide bonds. The van der Waals surface area contributed by atoms with Gasteiger partial charge in [0, 0.05) is 51.4 Å². The van der Waals surface area contributed by atoms with Crippen LogP contribution in [0.4, 0.5) is 0 Å². The number of esters is 2. The van der Waals surface area contributed by atoms with E-state index in [1.54, 1.807) is 13.8 Å². The Kier molecular flexibility index (Phi) is 8.68. The molecule has 7 rings (SSSR count). The van der Waals surface area contributed by atoms with E-state index in [9.17, 15) is 28.8 Å². The standard InChI is InChI=1S/C38H48O12/c1-19(2)21-7-9-37-31(49-37)29(17-35(5)15-25(41)27(47-35)13-23(39)11-21)46-34(44)38-10-8-22(20(3)4)12-24(40)14-28-26(42)16-36(6,48-28)18-30(32(38)50-38)45-33(37)43/h21-22,27-32H,1,3,7-18H2,2,4-6H3. The molecule has 50 heavy (non-hydrogen) atoms. The van der Waals surface area contributed by atoms with E-state index in [2.05, 4.69) is 13.2 Å². The Balaban J connectivity index is 1.28. The van der Waals surface area contributed by atoms with Gasteiger partial charge in [-0.3, -0.25) is 19.2 Å². The minimum Gasteiger partial charge on any atom is -0.457 e. The van der Waals surface area contributed by atoms with Crippen LogP contribution < -0.4 is 0 Å². The minimum absolute atomic E-state index is 0.00599. The number of ether oxygens (including phenoxy) is 6. The van der Waals surface area contributed by atoms with Crippen LogP contribution in [0.1, 0.15) is 105 Å². The average Bonchev–Trinajstić information content (AvgIpc) is 3.88. The summed E-state index contributed by atoms with van der Waals surface area (Å²) in [4.78, 5) is 81.6. The Morgan fingerprint density at radius 3 is 1.34 bits per heavy atom. The number of hydrogen-bond acceptors (Lipinski definition) is 12. The lowest BCUT2D eigenvalue weighted by Crippen LogP contribution is -2.48. The van der Waals surface area contributed by atoms with Gasteiger partial charge >= 0.3 is 11.9 Å². The normalized spacial score (nSPS) is 46.6. The summed E-state index contributed by atoms with van der Waals surface area (Å²) in [6.07, 6.45) is -4.32. The summed E-state index contributed by atoms with van der Waals surface area (Å²) in [6, 6.07) is 0.